The molecule has 0 saturated carbocycles. The molecule has 1 heterocycles. The Kier molecular flexibility index (Phi) is 6.49. The summed E-state index contributed by atoms with van der Waals surface area (Å²) in [6.07, 6.45) is 1.20. The van der Waals surface area contributed by atoms with Gasteiger partial charge < -0.3 is 10.1 Å². The van der Waals surface area contributed by atoms with Crippen molar-refractivity contribution in [2.45, 2.75) is 36.8 Å². The molecule has 0 spiro atoms. The number of halogens is 1. The number of nitrogens with one attached hydrogen (secondary N) is 1. The molecule has 1 N–H and O–H groups in total. The molecule has 7 nitrogen and oxygen atoms in total. The summed E-state index contributed by atoms with van der Waals surface area (Å²) >= 11 is 0. The maximum absolute atomic E-state index is 13.0. The van der Waals surface area contributed by atoms with Gasteiger partial charge in [0.25, 0.3) is 5.91 Å². The largest absolute Gasteiger partial charge is 0.451 e. The highest BCUT2D eigenvalue weighted by Crippen LogP contribution is 2.27. The van der Waals surface area contributed by atoms with Crippen LogP contribution in [-0.2, 0) is 24.3 Å². The lowest BCUT2D eigenvalue weighted by atomic mass is 10.2. The van der Waals surface area contributed by atoms with Gasteiger partial charge in [-0.25, -0.2) is 12.8 Å². The van der Waals surface area contributed by atoms with Crippen molar-refractivity contribution >= 4 is 21.9 Å². The van der Waals surface area contributed by atoms with Gasteiger partial charge in [0.05, 0.1) is 4.90 Å². The van der Waals surface area contributed by atoms with Crippen LogP contribution in [0.5, 0.6) is 0 Å². The van der Waals surface area contributed by atoms with E-state index in [1.807, 2.05) is 0 Å². The van der Waals surface area contributed by atoms with Crippen LogP contribution in [0.2, 0.25) is 0 Å². The molecule has 2 rings (SSSR count). The summed E-state index contributed by atoms with van der Waals surface area (Å²) in [6.45, 7) is 5.26. The third kappa shape index (κ3) is 4.47. The maximum atomic E-state index is 13.0. The summed E-state index contributed by atoms with van der Waals surface area (Å²) in [5.41, 5.74) is 0. The average Bonchev–Trinajstić information content (AvgIpc) is 3.10. The zero-order chi connectivity index (χ0) is 19.3. The third-order valence-electron chi connectivity index (χ3n) is 3.98. The summed E-state index contributed by atoms with van der Waals surface area (Å²) < 4.78 is 44.7. The molecular weight excluding hydrogens is 363 g/mol. The highest BCUT2D eigenvalue weighted by molar-refractivity contribution is 7.89. The second-order valence-electron chi connectivity index (χ2n) is 5.84. The van der Waals surface area contributed by atoms with Crippen molar-refractivity contribution in [1.29, 1.82) is 0 Å². The Balaban J connectivity index is 2.11. The molecule has 1 saturated heterocycles. The number of esters is 1. The Morgan fingerprint density at radius 2 is 2.08 bits per heavy atom. The van der Waals surface area contributed by atoms with Crippen LogP contribution in [0.1, 0.15) is 19.8 Å². The number of hydrogen-bond donors (Lipinski definition) is 1. The predicted octanol–water partition coefficient (Wildman–Crippen LogP) is 1.21. The van der Waals surface area contributed by atoms with E-state index in [0.29, 0.717) is 12.8 Å². The fourth-order valence-corrected chi connectivity index (χ4v) is 4.27. The number of sulfonamides is 1. The molecule has 1 fully saturated rings. The van der Waals surface area contributed by atoms with Gasteiger partial charge >= 0.3 is 5.97 Å². The standard InChI is InChI=1S/C17H21FN2O5S/c1-3-10-19-16(21)12(2)25-17(22)15-5-4-11-20(15)26(23,24)14-8-6-13(18)7-9-14/h3,6-9,12,15H,1,4-5,10-11H2,2H3,(H,19,21)/t12-,15+/m1/s1. The van der Waals surface area contributed by atoms with Crippen LogP contribution in [0.3, 0.4) is 0 Å². The molecule has 1 aliphatic rings. The molecule has 1 amide bonds. The molecule has 1 aromatic carbocycles. The van der Waals surface area contributed by atoms with Crippen molar-refractivity contribution in [2.24, 2.45) is 0 Å². The van der Waals surface area contributed by atoms with Crippen molar-refractivity contribution in [3.8, 4) is 0 Å². The quantitative estimate of drug-likeness (QED) is 0.564. The van der Waals surface area contributed by atoms with E-state index in [9.17, 15) is 22.4 Å². The van der Waals surface area contributed by atoms with Crippen LogP contribution < -0.4 is 5.32 Å². The number of hydrogen-bond acceptors (Lipinski definition) is 5. The SMILES string of the molecule is C=CCNC(=O)[C@@H](C)OC(=O)[C@@H]1CCCN1S(=O)(=O)c1ccc(F)cc1. The lowest BCUT2D eigenvalue weighted by Gasteiger charge is -2.24. The smallest absolute Gasteiger partial charge is 0.325 e. The van der Waals surface area contributed by atoms with Crippen LogP contribution in [0.25, 0.3) is 0 Å². The summed E-state index contributed by atoms with van der Waals surface area (Å²) in [5, 5.41) is 2.50. The van der Waals surface area contributed by atoms with Crippen LogP contribution in [0, 0.1) is 5.82 Å². The molecule has 9 heteroatoms. The summed E-state index contributed by atoms with van der Waals surface area (Å²) in [4.78, 5) is 24.1. The zero-order valence-corrected chi connectivity index (χ0v) is 15.2. The Hall–Kier alpha value is -2.26. The highest BCUT2D eigenvalue weighted by Gasteiger charge is 2.41. The van der Waals surface area contributed by atoms with Crippen molar-refractivity contribution < 1.29 is 27.1 Å². The van der Waals surface area contributed by atoms with Gasteiger partial charge in [-0.05, 0) is 44.0 Å². The number of rotatable bonds is 7. The van der Waals surface area contributed by atoms with Gasteiger partial charge in [-0.2, -0.15) is 4.31 Å². The fraction of sp³-hybridized carbons (Fsp3) is 0.412. The van der Waals surface area contributed by atoms with Gasteiger partial charge in [0.15, 0.2) is 6.10 Å². The van der Waals surface area contributed by atoms with E-state index in [0.717, 1.165) is 28.6 Å². The van der Waals surface area contributed by atoms with E-state index in [-0.39, 0.29) is 18.0 Å². The number of nitrogens with zero attached hydrogens (tertiary/aromatic N) is 1. The summed E-state index contributed by atoms with van der Waals surface area (Å²) in [6, 6.07) is 3.37. The number of carbonyl (C=O) groups excluding carboxylic acids is 2. The van der Waals surface area contributed by atoms with Crippen molar-refractivity contribution in [2.75, 3.05) is 13.1 Å². The van der Waals surface area contributed by atoms with E-state index in [2.05, 4.69) is 11.9 Å². The molecule has 2 atom stereocenters. The number of benzene rings is 1. The van der Waals surface area contributed by atoms with E-state index in [1.165, 1.54) is 13.0 Å². The Labute approximate surface area is 151 Å². The first-order valence-electron chi connectivity index (χ1n) is 8.14. The summed E-state index contributed by atoms with van der Waals surface area (Å²) in [7, 11) is -3.97. The summed E-state index contributed by atoms with van der Waals surface area (Å²) in [5.74, 6) is -1.83. The van der Waals surface area contributed by atoms with Crippen molar-refractivity contribution in [3.05, 3.63) is 42.7 Å². The first kappa shape index (κ1) is 20.1. The van der Waals surface area contributed by atoms with Gasteiger partial charge in [-0.3, -0.25) is 9.59 Å². The van der Waals surface area contributed by atoms with Crippen LogP contribution in [0.15, 0.2) is 41.8 Å². The van der Waals surface area contributed by atoms with Crippen molar-refractivity contribution in [1.82, 2.24) is 9.62 Å². The van der Waals surface area contributed by atoms with Gasteiger partial charge in [0.2, 0.25) is 10.0 Å². The first-order valence-corrected chi connectivity index (χ1v) is 9.58. The third-order valence-corrected chi connectivity index (χ3v) is 5.90. The molecule has 0 bridgehead atoms. The molecular formula is C17H21FN2O5S. The lowest BCUT2D eigenvalue weighted by molar-refractivity contribution is -0.157. The molecule has 26 heavy (non-hydrogen) atoms. The minimum absolute atomic E-state index is 0.102. The topological polar surface area (TPSA) is 92.8 Å². The van der Waals surface area contributed by atoms with E-state index in [4.69, 9.17) is 4.74 Å². The van der Waals surface area contributed by atoms with E-state index in [1.54, 1.807) is 0 Å². The minimum Gasteiger partial charge on any atom is -0.451 e. The molecule has 0 unspecified atom stereocenters. The van der Waals surface area contributed by atoms with Gasteiger partial charge in [0.1, 0.15) is 11.9 Å². The van der Waals surface area contributed by atoms with Gasteiger partial charge in [0, 0.05) is 13.1 Å². The molecule has 142 valence electrons. The van der Waals surface area contributed by atoms with E-state index >= 15 is 0 Å². The molecule has 1 aromatic rings. The zero-order valence-electron chi connectivity index (χ0n) is 14.4. The molecule has 0 aromatic heterocycles. The van der Waals surface area contributed by atoms with Gasteiger partial charge in [-0.1, -0.05) is 6.08 Å². The predicted molar refractivity (Wildman–Crippen MR) is 92.1 cm³/mol. The Bertz CT molecular complexity index is 779. The Morgan fingerprint density at radius 3 is 2.69 bits per heavy atom. The maximum Gasteiger partial charge on any atom is 0.325 e. The highest BCUT2D eigenvalue weighted by atomic mass is 32.2. The number of ether oxygens (including phenoxy) is 1. The van der Waals surface area contributed by atoms with Gasteiger partial charge in [-0.15, -0.1) is 6.58 Å². The van der Waals surface area contributed by atoms with Crippen LogP contribution in [-0.4, -0.2) is 49.8 Å². The number of carbonyl (C=O) groups is 2. The second kappa shape index (κ2) is 8.41. The monoisotopic (exact) mass is 384 g/mol. The minimum atomic E-state index is -3.97. The Morgan fingerprint density at radius 1 is 1.42 bits per heavy atom. The first-order chi connectivity index (χ1) is 12.3. The van der Waals surface area contributed by atoms with Crippen LogP contribution >= 0.6 is 0 Å². The lowest BCUT2D eigenvalue weighted by Crippen LogP contribution is -2.44. The van der Waals surface area contributed by atoms with E-state index < -0.39 is 39.9 Å². The molecule has 0 radical (unpaired) electrons. The molecule has 1 aliphatic heterocycles. The van der Waals surface area contributed by atoms with Crippen molar-refractivity contribution in [3.63, 3.8) is 0 Å². The van der Waals surface area contributed by atoms with Crippen LogP contribution in [0.4, 0.5) is 4.39 Å². The molecule has 0 aliphatic carbocycles. The average molecular weight is 384 g/mol. The normalized spacial score (nSPS) is 18.9. The second-order valence-corrected chi connectivity index (χ2v) is 7.73. The number of amides is 1. The fourth-order valence-electron chi connectivity index (χ4n) is 2.63.